The van der Waals surface area contributed by atoms with Crippen molar-refractivity contribution in [1.82, 2.24) is 9.99 Å². The molecule has 0 saturated carbocycles. The lowest BCUT2D eigenvalue weighted by molar-refractivity contribution is -0.123. The molecular weight excluding hydrogens is 346 g/mol. The molecule has 3 aromatic rings. The van der Waals surface area contributed by atoms with E-state index in [9.17, 15) is 4.79 Å². The summed E-state index contributed by atoms with van der Waals surface area (Å²) in [6.07, 6.45) is 0. The maximum Gasteiger partial charge on any atom is 0.278 e. The van der Waals surface area contributed by atoms with E-state index in [-0.39, 0.29) is 12.5 Å². The molecule has 0 aliphatic heterocycles. The van der Waals surface area contributed by atoms with Crippen LogP contribution in [0.5, 0.6) is 5.75 Å². The van der Waals surface area contributed by atoms with Crippen molar-refractivity contribution in [3.8, 4) is 5.75 Å². The molecule has 24 heavy (non-hydrogen) atoms. The van der Waals surface area contributed by atoms with Crippen molar-refractivity contribution in [2.24, 2.45) is 12.1 Å². The average molecular weight is 362 g/mol. The number of ether oxygens (including phenoxy) is 1. The van der Waals surface area contributed by atoms with Crippen molar-refractivity contribution in [1.29, 1.82) is 0 Å². The van der Waals surface area contributed by atoms with Gasteiger partial charge in [-0.2, -0.15) is 0 Å². The maximum atomic E-state index is 11.9. The smallest absolute Gasteiger partial charge is 0.278 e. The van der Waals surface area contributed by atoms with Gasteiger partial charge in [0.05, 0.1) is 10.2 Å². The first-order valence-electron chi connectivity index (χ1n) is 7.30. The van der Waals surface area contributed by atoms with Crippen LogP contribution in [-0.2, 0) is 11.8 Å². The van der Waals surface area contributed by atoms with E-state index >= 15 is 0 Å². The number of hydrogen-bond acceptors (Lipinski definition) is 4. The Hall–Kier alpha value is -2.31. The fraction of sp³-hybridized carbons (Fsp3) is 0.176. The Morgan fingerprint density at radius 1 is 1.33 bits per heavy atom. The standard InChI is InChI=1S/C17H16ClN3O2S/c1-11-9-12(7-8-13(11)18)23-10-16(22)19-20-17-21(2)14-5-3-4-6-15(14)24-17/h3-9H,10H2,1-2H3,(H,19,22)/b20-17+. The second kappa shape index (κ2) is 7.07. The topological polar surface area (TPSA) is 55.6 Å². The van der Waals surface area contributed by atoms with Crippen LogP contribution in [0.15, 0.2) is 47.6 Å². The third-order valence-electron chi connectivity index (χ3n) is 3.49. The highest BCUT2D eigenvalue weighted by Gasteiger charge is 2.05. The van der Waals surface area contributed by atoms with Crippen molar-refractivity contribution < 1.29 is 9.53 Å². The number of halogens is 1. The minimum Gasteiger partial charge on any atom is -0.484 e. The summed E-state index contributed by atoms with van der Waals surface area (Å²) >= 11 is 7.47. The van der Waals surface area contributed by atoms with E-state index in [1.165, 1.54) is 11.3 Å². The van der Waals surface area contributed by atoms with Gasteiger partial charge in [-0.05, 0) is 42.8 Å². The largest absolute Gasteiger partial charge is 0.484 e. The Kier molecular flexibility index (Phi) is 4.87. The molecule has 0 aliphatic rings. The summed E-state index contributed by atoms with van der Waals surface area (Å²) in [5.41, 5.74) is 4.49. The van der Waals surface area contributed by atoms with Crippen LogP contribution in [0.4, 0.5) is 0 Å². The van der Waals surface area contributed by atoms with Crippen LogP contribution < -0.4 is 15.0 Å². The first kappa shape index (κ1) is 16.5. The lowest BCUT2D eigenvalue weighted by atomic mass is 10.2. The van der Waals surface area contributed by atoms with Gasteiger partial charge in [-0.1, -0.05) is 35.1 Å². The van der Waals surface area contributed by atoms with Gasteiger partial charge in [0, 0.05) is 12.1 Å². The predicted octanol–water partition coefficient (Wildman–Crippen LogP) is 3.21. The minimum absolute atomic E-state index is 0.112. The van der Waals surface area contributed by atoms with Crippen LogP contribution in [-0.4, -0.2) is 17.1 Å². The number of carbonyl (C=O) groups excluding carboxylic acids is 1. The van der Waals surface area contributed by atoms with Gasteiger partial charge in [-0.3, -0.25) is 4.79 Å². The highest BCUT2D eigenvalue weighted by Crippen LogP contribution is 2.20. The number of rotatable bonds is 4. The molecule has 2 aromatic carbocycles. The van der Waals surface area contributed by atoms with Crippen LogP contribution >= 0.6 is 22.9 Å². The molecule has 0 radical (unpaired) electrons. The molecule has 1 amide bonds. The van der Waals surface area contributed by atoms with E-state index in [1.807, 2.05) is 42.8 Å². The number of carbonyl (C=O) groups is 1. The third-order valence-corrected chi connectivity index (χ3v) is 5.03. The van der Waals surface area contributed by atoms with Crippen molar-refractivity contribution in [3.63, 3.8) is 0 Å². The number of benzene rings is 2. The summed E-state index contributed by atoms with van der Waals surface area (Å²) in [4.78, 5) is 12.6. The second-order valence-electron chi connectivity index (χ2n) is 5.26. The van der Waals surface area contributed by atoms with E-state index in [0.29, 0.717) is 15.6 Å². The Labute approximate surface area is 148 Å². The molecule has 0 aliphatic carbocycles. The Balaban J connectivity index is 1.66. The van der Waals surface area contributed by atoms with Crippen molar-refractivity contribution in [2.75, 3.05) is 6.61 Å². The van der Waals surface area contributed by atoms with E-state index in [2.05, 4.69) is 10.5 Å². The number of para-hydroxylation sites is 1. The number of aryl methyl sites for hydroxylation is 2. The maximum absolute atomic E-state index is 11.9. The Bertz CT molecular complexity index is 962. The normalized spacial score (nSPS) is 11.7. The molecule has 0 unspecified atom stereocenters. The molecule has 7 heteroatoms. The molecular formula is C17H16ClN3O2S. The lowest BCUT2D eigenvalue weighted by Gasteiger charge is -2.06. The number of thiazole rings is 1. The molecule has 1 heterocycles. The second-order valence-corrected chi connectivity index (χ2v) is 6.67. The number of nitrogens with one attached hydrogen (secondary N) is 1. The summed E-state index contributed by atoms with van der Waals surface area (Å²) in [7, 11) is 1.91. The number of amides is 1. The molecule has 0 saturated heterocycles. The first-order valence-corrected chi connectivity index (χ1v) is 8.50. The molecule has 1 N–H and O–H groups in total. The number of aromatic nitrogens is 1. The van der Waals surface area contributed by atoms with Crippen molar-refractivity contribution in [2.45, 2.75) is 6.92 Å². The number of fused-ring (bicyclic) bond motifs is 1. The first-order chi connectivity index (χ1) is 11.5. The quantitative estimate of drug-likeness (QED) is 0.725. The van der Waals surface area contributed by atoms with Gasteiger partial charge in [-0.25, -0.2) is 5.43 Å². The molecule has 0 bridgehead atoms. The lowest BCUT2D eigenvalue weighted by Crippen LogP contribution is -2.27. The van der Waals surface area contributed by atoms with Gasteiger partial charge in [0.1, 0.15) is 5.75 Å². The summed E-state index contributed by atoms with van der Waals surface area (Å²) in [5.74, 6) is 0.277. The molecule has 0 spiro atoms. The van der Waals surface area contributed by atoms with Gasteiger partial charge in [0.25, 0.3) is 5.91 Å². The average Bonchev–Trinajstić information content (AvgIpc) is 2.90. The summed E-state index contributed by atoms with van der Waals surface area (Å²) < 4.78 is 8.49. The number of nitrogens with zero attached hydrogens (tertiary/aromatic N) is 2. The summed E-state index contributed by atoms with van der Waals surface area (Å²) in [5, 5.41) is 4.83. The summed E-state index contributed by atoms with van der Waals surface area (Å²) in [6.45, 7) is 1.77. The fourth-order valence-corrected chi connectivity index (χ4v) is 3.28. The molecule has 1 aromatic heterocycles. The monoisotopic (exact) mass is 361 g/mol. The SMILES string of the molecule is Cc1cc(OCC(=O)N/N=c2/sc3ccccc3n2C)ccc1Cl. The highest BCUT2D eigenvalue weighted by molar-refractivity contribution is 7.16. The van der Waals surface area contributed by atoms with E-state index in [4.69, 9.17) is 16.3 Å². The van der Waals surface area contributed by atoms with E-state index < -0.39 is 0 Å². The molecule has 0 atom stereocenters. The molecule has 5 nitrogen and oxygen atoms in total. The van der Waals surface area contributed by atoms with Gasteiger partial charge < -0.3 is 9.30 Å². The van der Waals surface area contributed by atoms with Crippen molar-refractivity contribution >= 4 is 39.1 Å². The molecule has 3 rings (SSSR count). The zero-order valence-corrected chi connectivity index (χ0v) is 14.8. The molecule has 0 fully saturated rings. The van der Waals surface area contributed by atoms with Crippen LogP contribution in [0.3, 0.4) is 0 Å². The molecule has 124 valence electrons. The van der Waals surface area contributed by atoms with Crippen molar-refractivity contribution in [3.05, 3.63) is 57.9 Å². The van der Waals surface area contributed by atoms with Gasteiger partial charge >= 0.3 is 0 Å². The van der Waals surface area contributed by atoms with Crippen LogP contribution in [0, 0.1) is 6.92 Å². The van der Waals surface area contributed by atoms with E-state index in [1.54, 1.807) is 18.2 Å². The third kappa shape index (κ3) is 3.60. The zero-order valence-electron chi connectivity index (χ0n) is 13.2. The predicted molar refractivity (Wildman–Crippen MR) is 96.2 cm³/mol. The minimum atomic E-state index is -0.319. The van der Waals surface area contributed by atoms with E-state index in [0.717, 1.165) is 15.8 Å². The van der Waals surface area contributed by atoms with Crippen LogP contribution in [0.2, 0.25) is 5.02 Å². The highest BCUT2D eigenvalue weighted by atomic mass is 35.5. The van der Waals surface area contributed by atoms with Crippen LogP contribution in [0.25, 0.3) is 10.2 Å². The Morgan fingerprint density at radius 2 is 2.12 bits per heavy atom. The fourth-order valence-electron chi connectivity index (χ4n) is 2.19. The van der Waals surface area contributed by atoms with Crippen LogP contribution in [0.1, 0.15) is 5.56 Å². The van der Waals surface area contributed by atoms with Gasteiger partial charge in [0.2, 0.25) is 4.80 Å². The zero-order chi connectivity index (χ0) is 17.1. The Morgan fingerprint density at radius 3 is 2.88 bits per heavy atom. The summed E-state index contributed by atoms with van der Waals surface area (Å²) in [6, 6.07) is 13.2. The van der Waals surface area contributed by atoms with Gasteiger partial charge in [-0.15, -0.1) is 5.10 Å². The van der Waals surface area contributed by atoms with Gasteiger partial charge in [0.15, 0.2) is 6.61 Å². The number of hydrogen-bond donors (Lipinski definition) is 1.